The van der Waals surface area contributed by atoms with Gasteiger partial charge < -0.3 is 31.9 Å². The number of benzene rings is 2. The van der Waals surface area contributed by atoms with Crippen LogP contribution < -0.4 is 21.7 Å². The molecule has 11 heteroatoms. The predicted molar refractivity (Wildman–Crippen MR) is 123 cm³/mol. The van der Waals surface area contributed by atoms with Crippen molar-refractivity contribution in [3.8, 4) is 0 Å². The Morgan fingerprint density at radius 1 is 1.06 bits per heavy atom. The number of anilines is 3. The van der Waals surface area contributed by atoms with Crippen molar-refractivity contribution in [2.24, 2.45) is 0 Å². The number of fused-ring (bicyclic) bond motifs is 1. The van der Waals surface area contributed by atoms with E-state index in [1.807, 2.05) is 30.1 Å². The Balaban J connectivity index is 1.67. The van der Waals surface area contributed by atoms with E-state index in [-0.39, 0.29) is 24.4 Å². The van der Waals surface area contributed by atoms with E-state index in [2.05, 4.69) is 15.3 Å². The molecule has 3 rings (SSSR count). The van der Waals surface area contributed by atoms with Gasteiger partial charge in [0.25, 0.3) is 5.91 Å². The summed E-state index contributed by atoms with van der Waals surface area (Å²) in [5.41, 5.74) is 14.3. The largest absolute Gasteiger partial charge is 0.481 e. The van der Waals surface area contributed by atoms with E-state index in [1.54, 1.807) is 24.3 Å². The molecule has 0 fully saturated rings. The number of carboxylic acid groups (broad SMARTS) is 2. The molecule has 33 heavy (non-hydrogen) atoms. The minimum absolute atomic E-state index is 0.116. The number of nitrogen functional groups attached to an aromatic ring is 2. The zero-order chi connectivity index (χ0) is 24.1. The summed E-state index contributed by atoms with van der Waals surface area (Å²) in [4.78, 5) is 44.5. The van der Waals surface area contributed by atoms with Crippen LogP contribution in [-0.4, -0.2) is 51.1 Å². The molecule has 7 N–H and O–H groups in total. The first-order valence-electron chi connectivity index (χ1n) is 10.0. The lowest BCUT2D eigenvalue weighted by Gasteiger charge is -2.20. The molecule has 0 saturated heterocycles. The van der Waals surface area contributed by atoms with Crippen molar-refractivity contribution >= 4 is 46.2 Å². The number of nitrogens with zero attached hydrogens (tertiary/aromatic N) is 3. The Bertz CT molecular complexity index is 1200. The topological polar surface area (TPSA) is 185 Å². The van der Waals surface area contributed by atoms with E-state index in [1.165, 1.54) is 0 Å². The van der Waals surface area contributed by atoms with E-state index in [9.17, 15) is 19.5 Å². The number of aliphatic carboxylic acids is 2. The van der Waals surface area contributed by atoms with E-state index in [0.717, 1.165) is 11.3 Å². The Labute approximate surface area is 189 Å². The van der Waals surface area contributed by atoms with Gasteiger partial charge in [-0.1, -0.05) is 6.07 Å². The summed E-state index contributed by atoms with van der Waals surface area (Å²) in [6.45, 7) is 0.543. The molecular weight excluding hydrogens is 428 g/mol. The summed E-state index contributed by atoms with van der Waals surface area (Å²) < 4.78 is 0. The SMILES string of the molecule is CN(Cc1ccc2nc(N)nc(N)c2c1)c1ccc(C(=O)N[C@@H](CCC(=O)O)C(=O)O)cc1. The summed E-state index contributed by atoms with van der Waals surface area (Å²) in [6.07, 6.45) is -0.563. The van der Waals surface area contributed by atoms with Crippen LogP contribution in [0.3, 0.4) is 0 Å². The molecule has 0 aliphatic carbocycles. The quantitative estimate of drug-likeness (QED) is 0.318. The Kier molecular flexibility index (Phi) is 6.91. The van der Waals surface area contributed by atoms with Crippen LogP contribution >= 0.6 is 0 Å². The summed E-state index contributed by atoms with van der Waals surface area (Å²) in [6, 6.07) is 11.0. The highest BCUT2D eigenvalue weighted by Gasteiger charge is 2.21. The highest BCUT2D eigenvalue weighted by molar-refractivity contribution is 5.97. The zero-order valence-electron chi connectivity index (χ0n) is 17.9. The molecular formula is C22H24N6O5. The molecule has 1 aromatic heterocycles. The number of aromatic nitrogens is 2. The predicted octanol–water partition coefficient (Wildman–Crippen LogP) is 1.48. The maximum absolute atomic E-state index is 12.4. The lowest BCUT2D eigenvalue weighted by atomic mass is 10.1. The Hall–Kier alpha value is -4.41. The van der Waals surface area contributed by atoms with E-state index in [0.29, 0.717) is 23.3 Å². The highest BCUT2D eigenvalue weighted by Crippen LogP contribution is 2.22. The van der Waals surface area contributed by atoms with Crippen LogP contribution in [0.2, 0.25) is 0 Å². The fraction of sp³-hybridized carbons (Fsp3) is 0.227. The van der Waals surface area contributed by atoms with Crippen LogP contribution in [0.15, 0.2) is 42.5 Å². The number of hydrogen-bond donors (Lipinski definition) is 5. The van der Waals surface area contributed by atoms with Gasteiger partial charge >= 0.3 is 11.9 Å². The van der Waals surface area contributed by atoms with Gasteiger partial charge in [0.15, 0.2) is 0 Å². The summed E-state index contributed by atoms with van der Waals surface area (Å²) in [5.74, 6) is -2.59. The van der Waals surface area contributed by atoms with Gasteiger partial charge in [0.05, 0.1) is 5.52 Å². The molecule has 0 bridgehead atoms. The molecule has 1 amide bonds. The van der Waals surface area contributed by atoms with Gasteiger partial charge in [-0.15, -0.1) is 0 Å². The second kappa shape index (κ2) is 9.81. The molecule has 0 aliphatic heterocycles. The normalized spacial score (nSPS) is 11.7. The fourth-order valence-electron chi connectivity index (χ4n) is 3.32. The van der Waals surface area contributed by atoms with Gasteiger partial charge in [-0.25, -0.2) is 9.78 Å². The van der Waals surface area contributed by atoms with E-state index < -0.39 is 23.9 Å². The smallest absolute Gasteiger partial charge is 0.326 e. The van der Waals surface area contributed by atoms with Crippen LogP contribution in [0.4, 0.5) is 17.5 Å². The zero-order valence-corrected chi connectivity index (χ0v) is 17.9. The lowest BCUT2D eigenvalue weighted by Crippen LogP contribution is -2.41. The van der Waals surface area contributed by atoms with Gasteiger partial charge in [0.1, 0.15) is 11.9 Å². The number of nitrogens with two attached hydrogens (primary N) is 2. The van der Waals surface area contributed by atoms with Crippen molar-refractivity contribution in [2.75, 3.05) is 23.4 Å². The number of hydrogen-bond acceptors (Lipinski definition) is 8. The van der Waals surface area contributed by atoms with Gasteiger partial charge in [0.2, 0.25) is 5.95 Å². The fourth-order valence-corrected chi connectivity index (χ4v) is 3.32. The molecule has 1 atom stereocenters. The van der Waals surface area contributed by atoms with Gasteiger partial charge in [0, 0.05) is 36.7 Å². The van der Waals surface area contributed by atoms with Crippen LogP contribution in [-0.2, 0) is 16.1 Å². The molecule has 172 valence electrons. The van der Waals surface area contributed by atoms with Crippen molar-refractivity contribution in [3.05, 3.63) is 53.6 Å². The third-order valence-corrected chi connectivity index (χ3v) is 5.05. The van der Waals surface area contributed by atoms with Crippen molar-refractivity contribution in [1.29, 1.82) is 0 Å². The number of carbonyl (C=O) groups is 3. The van der Waals surface area contributed by atoms with Crippen LogP contribution in [0, 0.1) is 0 Å². The maximum atomic E-state index is 12.4. The molecule has 0 spiro atoms. The average Bonchev–Trinajstić information content (AvgIpc) is 2.76. The van der Waals surface area contributed by atoms with Gasteiger partial charge in [-0.2, -0.15) is 4.98 Å². The van der Waals surface area contributed by atoms with Gasteiger partial charge in [-0.3, -0.25) is 9.59 Å². The summed E-state index contributed by atoms with van der Waals surface area (Å²) in [7, 11) is 1.88. The highest BCUT2D eigenvalue weighted by atomic mass is 16.4. The van der Waals surface area contributed by atoms with E-state index >= 15 is 0 Å². The van der Waals surface area contributed by atoms with Crippen LogP contribution in [0.25, 0.3) is 10.9 Å². The number of rotatable bonds is 9. The average molecular weight is 452 g/mol. The first kappa shape index (κ1) is 23.3. The molecule has 3 aromatic rings. The van der Waals surface area contributed by atoms with Crippen molar-refractivity contribution in [3.63, 3.8) is 0 Å². The first-order chi connectivity index (χ1) is 15.6. The second-order valence-electron chi connectivity index (χ2n) is 7.52. The number of carboxylic acids is 2. The van der Waals surface area contributed by atoms with Gasteiger partial charge in [-0.05, 0) is 48.4 Å². The molecule has 1 heterocycles. The third-order valence-electron chi connectivity index (χ3n) is 5.05. The van der Waals surface area contributed by atoms with Crippen molar-refractivity contribution < 1.29 is 24.6 Å². The molecule has 0 unspecified atom stereocenters. The first-order valence-corrected chi connectivity index (χ1v) is 10.0. The number of carbonyl (C=O) groups excluding carboxylic acids is 1. The molecule has 11 nitrogen and oxygen atoms in total. The van der Waals surface area contributed by atoms with Crippen LogP contribution in [0.5, 0.6) is 0 Å². The molecule has 0 aliphatic rings. The summed E-state index contributed by atoms with van der Waals surface area (Å²) in [5, 5.41) is 21.0. The Morgan fingerprint density at radius 2 is 1.76 bits per heavy atom. The molecule has 2 aromatic carbocycles. The van der Waals surface area contributed by atoms with Crippen LogP contribution in [0.1, 0.15) is 28.8 Å². The summed E-state index contributed by atoms with van der Waals surface area (Å²) >= 11 is 0. The monoisotopic (exact) mass is 452 g/mol. The number of amides is 1. The minimum atomic E-state index is -1.29. The van der Waals surface area contributed by atoms with Crippen molar-refractivity contribution in [2.45, 2.75) is 25.4 Å². The van der Waals surface area contributed by atoms with Crippen molar-refractivity contribution in [1.82, 2.24) is 15.3 Å². The minimum Gasteiger partial charge on any atom is -0.481 e. The lowest BCUT2D eigenvalue weighted by molar-refractivity contribution is -0.140. The second-order valence-corrected chi connectivity index (χ2v) is 7.52. The molecule has 0 radical (unpaired) electrons. The molecule has 0 saturated carbocycles. The maximum Gasteiger partial charge on any atom is 0.326 e. The number of nitrogens with one attached hydrogen (secondary N) is 1. The Morgan fingerprint density at radius 3 is 2.39 bits per heavy atom. The van der Waals surface area contributed by atoms with E-state index in [4.69, 9.17) is 16.6 Å². The standard InChI is InChI=1S/C22H24N6O5/c1-28(11-12-2-7-16-15(10-12)19(23)27-22(24)26-16)14-5-3-13(4-6-14)20(31)25-17(21(32)33)8-9-18(29)30/h2-7,10,17H,8-9,11H2,1H3,(H,25,31)(H,29,30)(H,32,33)(H4,23,24,26,27)/t17-/m0/s1. The third kappa shape index (κ3) is 5.85.